The summed E-state index contributed by atoms with van der Waals surface area (Å²) >= 11 is 2.01. The van der Waals surface area contributed by atoms with Crippen molar-refractivity contribution in [2.45, 2.75) is 0 Å². The molecule has 0 atom stereocenters. The molecule has 13 heavy (non-hydrogen) atoms. The van der Waals surface area contributed by atoms with Crippen molar-refractivity contribution in [3.05, 3.63) is 21.8 Å². The van der Waals surface area contributed by atoms with Crippen molar-refractivity contribution in [3.63, 3.8) is 0 Å². The topological polar surface area (TPSA) is 58.6 Å². The van der Waals surface area contributed by atoms with Crippen LogP contribution in [0.1, 0.15) is 0 Å². The molecule has 5 heteroatoms. The highest BCUT2D eigenvalue weighted by Gasteiger charge is 2.04. The molecule has 0 saturated heterocycles. The molecule has 0 saturated carbocycles. The Balaban J connectivity index is 2.83. The van der Waals surface area contributed by atoms with Crippen molar-refractivity contribution >= 4 is 34.4 Å². The summed E-state index contributed by atoms with van der Waals surface area (Å²) in [5.41, 5.74) is 0.616. The number of carbonyl (C=O) groups is 1. The van der Waals surface area contributed by atoms with Crippen molar-refractivity contribution in [2.24, 2.45) is 0 Å². The van der Waals surface area contributed by atoms with Crippen LogP contribution >= 0.6 is 22.6 Å². The maximum absolute atomic E-state index is 10.8. The maximum Gasteiger partial charge on any atom is 0.411 e. The molecule has 4 nitrogen and oxygen atoms in total. The van der Waals surface area contributed by atoms with Crippen LogP contribution in [0.25, 0.3) is 0 Å². The molecule has 0 bridgehead atoms. The molecule has 0 aromatic heterocycles. The molecule has 70 valence electrons. The third-order valence-corrected chi connectivity index (χ3v) is 2.27. The number of methoxy groups -OCH3 is 1. The summed E-state index contributed by atoms with van der Waals surface area (Å²) in [6.07, 6.45) is -0.524. The molecular weight excluding hydrogens is 285 g/mol. The molecule has 0 unspecified atom stereocenters. The lowest BCUT2D eigenvalue weighted by molar-refractivity contribution is 0.187. The predicted molar refractivity (Wildman–Crippen MR) is 56.9 cm³/mol. The van der Waals surface area contributed by atoms with E-state index in [4.69, 9.17) is 5.11 Å². The van der Waals surface area contributed by atoms with E-state index in [-0.39, 0.29) is 5.75 Å². The third kappa shape index (κ3) is 2.76. The number of amides is 1. The molecule has 1 rings (SSSR count). The minimum atomic E-state index is -0.524. The molecule has 0 fully saturated rings. The van der Waals surface area contributed by atoms with Gasteiger partial charge in [0.15, 0.2) is 0 Å². The normalized spacial score (nSPS) is 9.38. The van der Waals surface area contributed by atoms with Crippen LogP contribution in [0.4, 0.5) is 10.5 Å². The van der Waals surface area contributed by atoms with E-state index in [0.29, 0.717) is 5.69 Å². The van der Waals surface area contributed by atoms with Gasteiger partial charge in [-0.1, -0.05) is 0 Å². The Bertz CT molecular complexity index is 327. The zero-order valence-electron chi connectivity index (χ0n) is 6.87. The van der Waals surface area contributed by atoms with Gasteiger partial charge in [-0.2, -0.15) is 0 Å². The van der Waals surface area contributed by atoms with Crippen molar-refractivity contribution in [1.82, 2.24) is 0 Å². The lowest BCUT2D eigenvalue weighted by Crippen LogP contribution is -2.11. The van der Waals surface area contributed by atoms with Gasteiger partial charge >= 0.3 is 6.09 Å². The number of halogens is 1. The van der Waals surface area contributed by atoms with E-state index in [9.17, 15) is 4.79 Å². The molecule has 0 aliphatic rings. The average molecular weight is 293 g/mol. The van der Waals surface area contributed by atoms with Gasteiger partial charge in [-0.3, -0.25) is 5.32 Å². The maximum atomic E-state index is 10.8. The zero-order chi connectivity index (χ0) is 9.84. The first-order valence-electron chi connectivity index (χ1n) is 3.47. The van der Waals surface area contributed by atoms with Gasteiger partial charge in [0.2, 0.25) is 0 Å². The molecule has 2 N–H and O–H groups in total. The molecule has 0 aliphatic heterocycles. The SMILES string of the molecule is COC(=O)Nc1ccc(O)cc1I. The minimum Gasteiger partial charge on any atom is -0.508 e. The fourth-order valence-electron chi connectivity index (χ4n) is 0.766. The van der Waals surface area contributed by atoms with Crippen LogP contribution in [0.15, 0.2) is 18.2 Å². The fourth-order valence-corrected chi connectivity index (χ4v) is 1.40. The standard InChI is InChI=1S/C8H8INO3/c1-13-8(12)10-7-3-2-5(11)4-6(7)9/h2-4,11H,1H3,(H,10,12). The number of benzene rings is 1. The van der Waals surface area contributed by atoms with E-state index < -0.39 is 6.09 Å². The van der Waals surface area contributed by atoms with E-state index in [1.165, 1.54) is 13.2 Å². The molecule has 1 aromatic rings. The number of hydrogen-bond donors (Lipinski definition) is 2. The van der Waals surface area contributed by atoms with Crippen LogP contribution in [0, 0.1) is 3.57 Å². The Labute approximate surface area is 89.0 Å². The lowest BCUT2D eigenvalue weighted by Gasteiger charge is -2.05. The number of anilines is 1. The monoisotopic (exact) mass is 293 g/mol. The van der Waals surface area contributed by atoms with Gasteiger partial charge in [0, 0.05) is 3.57 Å². The lowest BCUT2D eigenvalue weighted by atomic mass is 10.3. The summed E-state index contributed by atoms with van der Waals surface area (Å²) in [6, 6.07) is 4.65. The Hall–Kier alpha value is -0.980. The van der Waals surface area contributed by atoms with Gasteiger partial charge in [-0.05, 0) is 40.8 Å². The van der Waals surface area contributed by atoms with Crippen LogP contribution in [0.5, 0.6) is 5.75 Å². The van der Waals surface area contributed by atoms with E-state index in [1.54, 1.807) is 12.1 Å². The predicted octanol–water partition coefficient (Wildman–Crippen LogP) is 2.18. The summed E-state index contributed by atoms with van der Waals surface area (Å²) in [5, 5.41) is 11.6. The van der Waals surface area contributed by atoms with Gasteiger partial charge in [0.25, 0.3) is 0 Å². The second-order valence-electron chi connectivity index (χ2n) is 2.28. The number of hydrogen-bond acceptors (Lipinski definition) is 3. The average Bonchev–Trinajstić information content (AvgIpc) is 2.09. The van der Waals surface area contributed by atoms with Crippen LogP contribution in [0.2, 0.25) is 0 Å². The smallest absolute Gasteiger partial charge is 0.411 e. The van der Waals surface area contributed by atoms with E-state index in [2.05, 4.69) is 10.1 Å². The second kappa shape index (κ2) is 4.31. The Morgan fingerprint density at radius 1 is 1.62 bits per heavy atom. The number of carbonyl (C=O) groups excluding carboxylic acids is 1. The summed E-state index contributed by atoms with van der Waals surface area (Å²) < 4.78 is 5.18. The van der Waals surface area contributed by atoms with E-state index in [1.807, 2.05) is 22.6 Å². The number of phenols is 1. The quantitative estimate of drug-likeness (QED) is 0.616. The molecular formula is C8H8INO3. The van der Waals surface area contributed by atoms with Crippen molar-refractivity contribution < 1.29 is 14.6 Å². The first-order valence-corrected chi connectivity index (χ1v) is 4.55. The second-order valence-corrected chi connectivity index (χ2v) is 3.44. The Morgan fingerprint density at radius 3 is 2.85 bits per heavy atom. The first-order chi connectivity index (χ1) is 6.13. The van der Waals surface area contributed by atoms with Crippen molar-refractivity contribution in [3.8, 4) is 5.75 Å². The number of phenolic OH excluding ortho intramolecular Hbond substituents is 1. The molecule has 0 aliphatic carbocycles. The number of ether oxygens (including phenoxy) is 1. The van der Waals surface area contributed by atoms with Gasteiger partial charge in [0.05, 0.1) is 12.8 Å². The van der Waals surface area contributed by atoms with Crippen LogP contribution < -0.4 is 5.32 Å². The van der Waals surface area contributed by atoms with E-state index >= 15 is 0 Å². The summed E-state index contributed by atoms with van der Waals surface area (Å²) in [6.45, 7) is 0. The number of rotatable bonds is 1. The fraction of sp³-hybridized carbons (Fsp3) is 0.125. The van der Waals surface area contributed by atoms with Gasteiger partial charge < -0.3 is 9.84 Å². The number of nitrogens with one attached hydrogen (secondary N) is 1. The first kappa shape index (κ1) is 10.1. The van der Waals surface area contributed by atoms with Gasteiger partial charge in [0.1, 0.15) is 5.75 Å². The van der Waals surface area contributed by atoms with Crippen molar-refractivity contribution in [2.75, 3.05) is 12.4 Å². The summed E-state index contributed by atoms with van der Waals surface area (Å²) in [5.74, 6) is 0.166. The molecule has 0 radical (unpaired) electrons. The van der Waals surface area contributed by atoms with Crippen LogP contribution in [-0.4, -0.2) is 18.3 Å². The Kier molecular flexibility index (Phi) is 3.35. The number of aromatic hydroxyl groups is 1. The van der Waals surface area contributed by atoms with E-state index in [0.717, 1.165) is 3.57 Å². The highest BCUT2D eigenvalue weighted by Crippen LogP contribution is 2.22. The summed E-state index contributed by atoms with van der Waals surface area (Å²) in [7, 11) is 1.29. The summed E-state index contributed by atoms with van der Waals surface area (Å²) in [4.78, 5) is 10.8. The van der Waals surface area contributed by atoms with Crippen LogP contribution in [-0.2, 0) is 4.74 Å². The van der Waals surface area contributed by atoms with Gasteiger partial charge in [-0.15, -0.1) is 0 Å². The minimum absolute atomic E-state index is 0.166. The zero-order valence-corrected chi connectivity index (χ0v) is 9.03. The van der Waals surface area contributed by atoms with Crippen LogP contribution in [0.3, 0.4) is 0 Å². The largest absolute Gasteiger partial charge is 0.508 e. The third-order valence-electron chi connectivity index (χ3n) is 1.37. The molecule has 0 heterocycles. The Morgan fingerprint density at radius 2 is 2.31 bits per heavy atom. The molecule has 1 aromatic carbocycles. The molecule has 1 amide bonds. The highest BCUT2D eigenvalue weighted by atomic mass is 127. The highest BCUT2D eigenvalue weighted by molar-refractivity contribution is 14.1. The molecule has 0 spiro atoms. The van der Waals surface area contributed by atoms with Crippen molar-refractivity contribution in [1.29, 1.82) is 0 Å². The van der Waals surface area contributed by atoms with Gasteiger partial charge in [-0.25, -0.2) is 4.79 Å².